The Morgan fingerprint density at radius 2 is 1.40 bits per heavy atom. The summed E-state index contributed by atoms with van der Waals surface area (Å²) in [7, 11) is -0.917. The molecule has 0 amide bonds. The SMILES string of the molecule is C=O.O[Si]O. The molecule has 0 aliphatic rings. The summed E-state index contributed by atoms with van der Waals surface area (Å²) in [5.74, 6) is 0. The van der Waals surface area contributed by atoms with Crippen molar-refractivity contribution in [3.05, 3.63) is 0 Å². The van der Waals surface area contributed by atoms with Crippen molar-refractivity contribution in [2.45, 2.75) is 0 Å². The number of carbonyl (C=O) groups is 1. The summed E-state index contributed by atoms with van der Waals surface area (Å²) in [6, 6.07) is 0. The number of hydrogen-bond donors (Lipinski definition) is 2. The molecular weight excluding hydrogens is 88.1 g/mol. The average Bonchev–Trinajstić information content (AvgIpc) is 1.46. The lowest BCUT2D eigenvalue weighted by Crippen LogP contribution is -1.75. The molecule has 0 saturated carbocycles. The first-order valence-corrected chi connectivity index (χ1v) is 1.63. The molecule has 0 saturated heterocycles. The molecule has 5 heavy (non-hydrogen) atoms. The molecule has 0 atom stereocenters. The molecule has 0 fully saturated rings. The first kappa shape index (κ1) is 8.84. The maximum Gasteiger partial charge on any atom is 0.427 e. The second-order valence-corrected chi connectivity index (χ2v) is 0.300. The Labute approximate surface area is 32.3 Å². The molecule has 2 radical (unpaired) electrons. The summed E-state index contributed by atoms with van der Waals surface area (Å²) in [5.41, 5.74) is 0. The third-order valence-corrected chi connectivity index (χ3v) is 0. The molecule has 0 unspecified atom stereocenters. The predicted octanol–water partition coefficient (Wildman–Crippen LogP) is -1.68. The highest BCUT2D eigenvalue weighted by molar-refractivity contribution is 6.13. The van der Waals surface area contributed by atoms with E-state index < -0.39 is 10.0 Å². The Morgan fingerprint density at radius 3 is 1.40 bits per heavy atom. The van der Waals surface area contributed by atoms with E-state index in [9.17, 15) is 0 Å². The first-order chi connectivity index (χ1) is 2.41. The van der Waals surface area contributed by atoms with E-state index in [1.807, 2.05) is 6.79 Å². The van der Waals surface area contributed by atoms with Crippen molar-refractivity contribution in [3.8, 4) is 0 Å². The van der Waals surface area contributed by atoms with Crippen LogP contribution in [0.2, 0.25) is 0 Å². The van der Waals surface area contributed by atoms with Gasteiger partial charge in [0.05, 0.1) is 0 Å². The molecular formula is CH4O3Si. The number of rotatable bonds is 0. The van der Waals surface area contributed by atoms with Gasteiger partial charge in [0.15, 0.2) is 0 Å². The van der Waals surface area contributed by atoms with E-state index >= 15 is 0 Å². The standard InChI is InChI=1S/CH2O.H2O2Si/c1-2;1-3-2/h1H2;1-2H. The molecule has 0 rings (SSSR count). The van der Waals surface area contributed by atoms with Crippen molar-refractivity contribution in [3.63, 3.8) is 0 Å². The molecule has 0 aromatic heterocycles. The van der Waals surface area contributed by atoms with E-state index in [2.05, 4.69) is 0 Å². The molecule has 0 heterocycles. The fourth-order valence-corrected chi connectivity index (χ4v) is 0. The Morgan fingerprint density at radius 1 is 1.40 bits per heavy atom. The molecule has 2 N–H and O–H groups in total. The Hall–Kier alpha value is -0.193. The van der Waals surface area contributed by atoms with Crippen LogP contribution in [0, 0.1) is 0 Å². The van der Waals surface area contributed by atoms with Crippen LogP contribution in [0.1, 0.15) is 0 Å². The lowest BCUT2D eigenvalue weighted by molar-refractivity contribution is -0.0979. The van der Waals surface area contributed by atoms with Gasteiger partial charge in [-0.2, -0.15) is 0 Å². The number of hydrogen-bond acceptors (Lipinski definition) is 3. The lowest BCUT2D eigenvalue weighted by atomic mass is 11.9. The summed E-state index contributed by atoms with van der Waals surface area (Å²) >= 11 is 0. The smallest absolute Gasteiger partial charge is 0.409 e. The second kappa shape index (κ2) is 46.1. The van der Waals surface area contributed by atoms with Crippen molar-refractivity contribution in [1.29, 1.82) is 0 Å². The van der Waals surface area contributed by atoms with E-state index in [-0.39, 0.29) is 0 Å². The molecule has 0 aliphatic heterocycles. The van der Waals surface area contributed by atoms with Crippen molar-refractivity contribution in [1.82, 2.24) is 0 Å². The first-order valence-electron chi connectivity index (χ1n) is 0.736. The van der Waals surface area contributed by atoms with Crippen LogP contribution in [0.15, 0.2) is 0 Å². The monoisotopic (exact) mass is 92.0 g/mol. The molecule has 4 heteroatoms. The molecule has 0 bridgehead atoms. The quantitative estimate of drug-likeness (QED) is 0.351. The van der Waals surface area contributed by atoms with Crippen molar-refractivity contribution in [2.75, 3.05) is 0 Å². The van der Waals surface area contributed by atoms with Gasteiger partial charge in [-0.15, -0.1) is 0 Å². The minimum Gasteiger partial charge on any atom is -0.409 e. The van der Waals surface area contributed by atoms with Gasteiger partial charge < -0.3 is 14.4 Å². The molecule has 0 aliphatic carbocycles. The van der Waals surface area contributed by atoms with Gasteiger partial charge in [-0.3, -0.25) is 0 Å². The van der Waals surface area contributed by atoms with Gasteiger partial charge in [0.2, 0.25) is 0 Å². The summed E-state index contributed by atoms with van der Waals surface area (Å²) in [5, 5.41) is 0. The van der Waals surface area contributed by atoms with Crippen LogP contribution in [-0.4, -0.2) is 26.4 Å². The maximum atomic E-state index is 8.00. The fourth-order valence-electron chi connectivity index (χ4n) is 0. The molecule has 0 spiro atoms. The summed E-state index contributed by atoms with van der Waals surface area (Å²) < 4.78 is 0. The van der Waals surface area contributed by atoms with Crippen molar-refractivity contribution < 1.29 is 14.4 Å². The van der Waals surface area contributed by atoms with Crippen LogP contribution in [0.25, 0.3) is 0 Å². The van der Waals surface area contributed by atoms with Gasteiger partial charge in [-0.05, 0) is 0 Å². The third kappa shape index (κ3) is 333. The van der Waals surface area contributed by atoms with Gasteiger partial charge in [-0.25, -0.2) is 0 Å². The van der Waals surface area contributed by atoms with E-state index in [1.54, 1.807) is 0 Å². The van der Waals surface area contributed by atoms with Gasteiger partial charge in [0, 0.05) is 0 Å². The van der Waals surface area contributed by atoms with E-state index in [1.165, 1.54) is 0 Å². The summed E-state index contributed by atoms with van der Waals surface area (Å²) in [6.45, 7) is 2.00. The lowest BCUT2D eigenvalue weighted by Gasteiger charge is -1.47. The van der Waals surface area contributed by atoms with Crippen LogP contribution in [0.4, 0.5) is 0 Å². The summed E-state index contributed by atoms with van der Waals surface area (Å²) in [4.78, 5) is 22.3. The fraction of sp³-hybridized carbons (Fsp3) is 0. The molecule has 0 aromatic carbocycles. The zero-order valence-corrected chi connectivity index (χ0v) is 3.51. The van der Waals surface area contributed by atoms with E-state index in [0.29, 0.717) is 0 Å². The molecule has 0 aromatic rings. The Balaban J connectivity index is 0. The van der Waals surface area contributed by atoms with E-state index in [4.69, 9.17) is 14.4 Å². The van der Waals surface area contributed by atoms with Crippen molar-refractivity contribution in [2.24, 2.45) is 0 Å². The van der Waals surface area contributed by atoms with Crippen LogP contribution in [0.3, 0.4) is 0 Å². The van der Waals surface area contributed by atoms with Crippen LogP contribution in [0.5, 0.6) is 0 Å². The molecule has 3 nitrogen and oxygen atoms in total. The minimum atomic E-state index is -0.917. The maximum absolute atomic E-state index is 8.00. The molecule has 30 valence electrons. The zero-order chi connectivity index (χ0) is 4.71. The highest BCUT2D eigenvalue weighted by Crippen LogP contribution is 1.08. The predicted molar refractivity (Wildman–Crippen MR) is 17.3 cm³/mol. The van der Waals surface area contributed by atoms with E-state index in [0.717, 1.165) is 0 Å². The highest BCUT2D eigenvalue weighted by atomic mass is 28.2. The minimum absolute atomic E-state index is 0.917. The highest BCUT2D eigenvalue weighted by Gasteiger charge is 1.48. The normalized spacial score (nSPS) is 4.40. The topological polar surface area (TPSA) is 57.5 Å². The van der Waals surface area contributed by atoms with Gasteiger partial charge in [0.1, 0.15) is 6.79 Å². The average molecular weight is 92.1 g/mol. The van der Waals surface area contributed by atoms with Crippen LogP contribution in [-0.2, 0) is 4.79 Å². The zero-order valence-electron chi connectivity index (χ0n) is 2.51. The second-order valence-electron chi connectivity index (χ2n) is 0.100. The van der Waals surface area contributed by atoms with Gasteiger partial charge in [0.25, 0.3) is 0 Å². The number of carbonyl (C=O) groups excluding carboxylic acids is 1. The van der Waals surface area contributed by atoms with Gasteiger partial charge >= 0.3 is 10.0 Å². The third-order valence-electron chi connectivity index (χ3n) is 0. The van der Waals surface area contributed by atoms with Crippen molar-refractivity contribution >= 4 is 16.8 Å². The van der Waals surface area contributed by atoms with Crippen LogP contribution < -0.4 is 0 Å². The largest absolute Gasteiger partial charge is 0.427 e. The van der Waals surface area contributed by atoms with Crippen LogP contribution >= 0.6 is 0 Å². The Bertz CT molecular complexity index is 10.9. The summed E-state index contributed by atoms with van der Waals surface area (Å²) in [6.07, 6.45) is 0. The van der Waals surface area contributed by atoms with Gasteiger partial charge in [-0.1, -0.05) is 0 Å². The Kier molecular flexibility index (Phi) is 81.5.